The van der Waals surface area contributed by atoms with E-state index in [1.54, 1.807) is 30.3 Å². The molecule has 6 nitrogen and oxygen atoms in total. The smallest absolute Gasteiger partial charge is 0.335 e. The fourth-order valence-corrected chi connectivity index (χ4v) is 3.77. The van der Waals surface area contributed by atoms with Gasteiger partial charge in [0.05, 0.1) is 31.3 Å². The van der Waals surface area contributed by atoms with Crippen LogP contribution in [0.15, 0.2) is 60.2 Å². The highest BCUT2D eigenvalue weighted by atomic mass is 35.5. The van der Waals surface area contributed by atoms with Crippen LogP contribution in [0.4, 0.5) is 5.69 Å². The number of benzene rings is 3. The largest absolute Gasteiger partial charge is 0.486 e. The van der Waals surface area contributed by atoms with Crippen molar-refractivity contribution in [2.75, 3.05) is 5.32 Å². The highest BCUT2D eigenvalue weighted by molar-refractivity contribution is 6.44. The first kappa shape index (κ1) is 25.4. The van der Waals surface area contributed by atoms with Crippen LogP contribution in [-0.4, -0.2) is 17.0 Å². The van der Waals surface area contributed by atoms with Crippen molar-refractivity contribution in [3.63, 3.8) is 0 Å². The summed E-state index contributed by atoms with van der Waals surface area (Å²) < 4.78 is 5.69. The van der Waals surface area contributed by atoms with Gasteiger partial charge in [0, 0.05) is 0 Å². The lowest BCUT2D eigenvalue weighted by atomic mass is 10.1. The van der Waals surface area contributed by atoms with Crippen molar-refractivity contribution in [3.05, 3.63) is 97.0 Å². The molecule has 0 atom stereocenters. The number of ether oxygens (including phenoxy) is 1. The minimum Gasteiger partial charge on any atom is -0.486 e. The Morgan fingerprint density at radius 2 is 1.65 bits per heavy atom. The van der Waals surface area contributed by atoms with E-state index in [0.717, 1.165) is 0 Å². The number of hydrogen-bond donors (Lipinski definition) is 2. The number of carboxylic acid groups (broad SMARTS) is 1. The maximum atomic E-state index is 12.5. The van der Waals surface area contributed by atoms with E-state index in [2.05, 4.69) is 5.32 Å². The van der Waals surface area contributed by atoms with Crippen molar-refractivity contribution in [2.45, 2.75) is 6.61 Å². The number of nitriles is 1. The fraction of sp³-hybridized carbons (Fsp3) is 0.0417. The number of carbonyl (C=O) groups is 2. The van der Waals surface area contributed by atoms with E-state index >= 15 is 0 Å². The van der Waals surface area contributed by atoms with Gasteiger partial charge in [0.15, 0.2) is 5.75 Å². The van der Waals surface area contributed by atoms with Crippen LogP contribution in [0.25, 0.3) is 6.08 Å². The number of hydrogen-bond acceptors (Lipinski definition) is 4. The lowest BCUT2D eigenvalue weighted by Crippen LogP contribution is -2.13. The summed E-state index contributed by atoms with van der Waals surface area (Å²) >= 11 is 24.6. The molecule has 0 bridgehead atoms. The molecule has 0 heterocycles. The highest BCUT2D eigenvalue weighted by Crippen LogP contribution is 2.36. The maximum Gasteiger partial charge on any atom is 0.335 e. The molecule has 0 aliphatic carbocycles. The molecule has 0 aromatic heterocycles. The summed E-state index contributed by atoms with van der Waals surface area (Å²) in [7, 11) is 0. The Morgan fingerprint density at radius 3 is 2.24 bits per heavy atom. The second-order valence-electron chi connectivity index (χ2n) is 6.83. The number of nitrogens with zero attached hydrogens (tertiary/aromatic N) is 1. The quantitative estimate of drug-likeness (QED) is 0.248. The maximum absolute atomic E-state index is 12.5. The van der Waals surface area contributed by atoms with E-state index in [1.807, 2.05) is 6.07 Å². The first-order chi connectivity index (χ1) is 16.2. The zero-order valence-corrected chi connectivity index (χ0v) is 20.1. The molecule has 0 aliphatic rings. The summed E-state index contributed by atoms with van der Waals surface area (Å²) in [5.74, 6) is -1.51. The number of carbonyl (C=O) groups excluding carboxylic acids is 1. The molecule has 10 heteroatoms. The summed E-state index contributed by atoms with van der Waals surface area (Å²) in [5, 5.41) is 21.7. The molecule has 0 fully saturated rings. The predicted molar refractivity (Wildman–Crippen MR) is 133 cm³/mol. The van der Waals surface area contributed by atoms with Gasteiger partial charge in [-0.2, -0.15) is 5.26 Å². The molecule has 0 spiro atoms. The van der Waals surface area contributed by atoms with Gasteiger partial charge in [-0.3, -0.25) is 4.79 Å². The second-order valence-corrected chi connectivity index (χ2v) is 8.43. The molecule has 172 valence electrons. The lowest BCUT2D eigenvalue weighted by Gasteiger charge is -2.12. The van der Waals surface area contributed by atoms with Crippen LogP contribution in [0, 0.1) is 11.3 Å². The Labute approximate surface area is 214 Å². The summed E-state index contributed by atoms with van der Waals surface area (Å²) in [6.45, 7) is 0.0980. The number of halogens is 4. The van der Waals surface area contributed by atoms with Gasteiger partial charge >= 0.3 is 5.97 Å². The third-order valence-corrected chi connectivity index (χ3v) is 5.86. The summed E-state index contributed by atoms with van der Waals surface area (Å²) in [5.41, 5.74) is 1.32. The monoisotopic (exact) mass is 534 g/mol. The fourth-order valence-electron chi connectivity index (χ4n) is 2.81. The Kier molecular flexibility index (Phi) is 8.43. The van der Waals surface area contributed by atoms with Crippen LogP contribution in [0.2, 0.25) is 20.1 Å². The van der Waals surface area contributed by atoms with E-state index in [1.165, 1.54) is 30.3 Å². The molecule has 2 N–H and O–H groups in total. The third kappa shape index (κ3) is 6.22. The van der Waals surface area contributed by atoms with Gasteiger partial charge in [-0.05, 0) is 53.6 Å². The van der Waals surface area contributed by atoms with Crippen LogP contribution in [-0.2, 0) is 11.4 Å². The van der Waals surface area contributed by atoms with Crippen LogP contribution >= 0.6 is 46.4 Å². The predicted octanol–water partition coefficient (Wildman–Crippen LogP) is 7.12. The Bertz CT molecular complexity index is 1310. The standard InChI is InChI=1S/C24H14Cl4N2O4/c25-17-2-1-3-20(21(17)28)30-23(31)16(11-29)8-14-9-18(26)22(19(27)10-14)34-12-13-4-6-15(7-5-13)24(32)33/h1-10H,12H2,(H,30,31)(H,32,33)/b16-8-. The second kappa shape index (κ2) is 11.3. The summed E-state index contributed by atoms with van der Waals surface area (Å²) in [6, 6.07) is 15.7. The normalized spacial score (nSPS) is 11.0. The zero-order valence-electron chi connectivity index (χ0n) is 17.1. The molecule has 3 rings (SSSR count). The van der Waals surface area contributed by atoms with E-state index in [0.29, 0.717) is 11.1 Å². The van der Waals surface area contributed by atoms with E-state index in [-0.39, 0.29) is 49.3 Å². The van der Waals surface area contributed by atoms with Crippen molar-refractivity contribution in [2.24, 2.45) is 0 Å². The minimum atomic E-state index is -1.02. The van der Waals surface area contributed by atoms with Crippen molar-refractivity contribution >= 4 is 70.0 Å². The molecular formula is C24H14Cl4N2O4. The van der Waals surface area contributed by atoms with Crippen molar-refractivity contribution in [3.8, 4) is 11.8 Å². The van der Waals surface area contributed by atoms with Gasteiger partial charge in [0.1, 0.15) is 18.2 Å². The van der Waals surface area contributed by atoms with Crippen molar-refractivity contribution in [1.82, 2.24) is 0 Å². The molecule has 3 aromatic rings. The SMILES string of the molecule is N#C/C(=C/c1cc(Cl)c(OCc2ccc(C(=O)O)cc2)c(Cl)c1)C(=O)Nc1cccc(Cl)c1Cl. The van der Waals surface area contributed by atoms with Crippen molar-refractivity contribution in [1.29, 1.82) is 5.26 Å². The van der Waals surface area contributed by atoms with Gasteiger partial charge in [-0.25, -0.2) is 4.79 Å². The van der Waals surface area contributed by atoms with Gasteiger partial charge in [0.25, 0.3) is 5.91 Å². The molecule has 0 radical (unpaired) electrons. The Morgan fingerprint density at radius 1 is 1.00 bits per heavy atom. The summed E-state index contributed by atoms with van der Waals surface area (Å²) in [4.78, 5) is 23.5. The topological polar surface area (TPSA) is 99.4 Å². The average Bonchev–Trinajstić information content (AvgIpc) is 2.80. The van der Waals surface area contributed by atoms with Gasteiger partial charge in [0.2, 0.25) is 0 Å². The lowest BCUT2D eigenvalue weighted by molar-refractivity contribution is -0.112. The number of aromatic carboxylic acids is 1. The molecule has 34 heavy (non-hydrogen) atoms. The number of nitrogens with one attached hydrogen (secondary N) is 1. The van der Waals surface area contributed by atoms with Gasteiger partial charge in [-0.15, -0.1) is 0 Å². The number of rotatable bonds is 7. The van der Waals surface area contributed by atoms with Gasteiger partial charge in [-0.1, -0.05) is 64.6 Å². The molecular weight excluding hydrogens is 522 g/mol. The van der Waals surface area contributed by atoms with Crippen molar-refractivity contribution < 1.29 is 19.4 Å². The number of amides is 1. The molecule has 1 amide bonds. The van der Waals surface area contributed by atoms with E-state index < -0.39 is 11.9 Å². The van der Waals surface area contributed by atoms with Crippen LogP contribution in [0.5, 0.6) is 5.75 Å². The first-order valence-electron chi connectivity index (χ1n) is 9.51. The van der Waals surface area contributed by atoms with Crippen LogP contribution < -0.4 is 10.1 Å². The number of anilines is 1. The average molecular weight is 536 g/mol. The molecule has 0 saturated heterocycles. The molecule has 0 unspecified atom stereocenters. The first-order valence-corrected chi connectivity index (χ1v) is 11.0. The third-order valence-electron chi connectivity index (χ3n) is 4.48. The highest BCUT2D eigenvalue weighted by Gasteiger charge is 2.15. The molecule has 0 saturated carbocycles. The summed E-state index contributed by atoms with van der Waals surface area (Å²) in [6.07, 6.45) is 1.32. The number of carboxylic acids is 1. The molecule has 0 aliphatic heterocycles. The van der Waals surface area contributed by atoms with Crippen LogP contribution in [0.1, 0.15) is 21.5 Å². The Balaban J connectivity index is 1.76. The van der Waals surface area contributed by atoms with E-state index in [4.69, 9.17) is 56.2 Å². The van der Waals surface area contributed by atoms with Crippen LogP contribution in [0.3, 0.4) is 0 Å². The van der Waals surface area contributed by atoms with E-state index in [9.17, 15) is 14.9 Å². The van der Waals surface area contributed by atoms with Gasteiger partial charge < -0.3 is 15.2 Å². The molecule has 3 aromatic carbocycles. The Hall–Kier alpha value is -3.21. The zero-order chi connectivity index (χ0) is 24.8. The minimum absolute atomic E-state index is 0.0980.